The first-order valence-corrected chi connectivity index (χ1v) is 7.77. The zero-order valence-corrected chi connectivity index (χ0v) is 12.7. The van der Waals surface area contributed by atoms with E-state index in [-0.39, 0.29) is 17.0 Å². The van der Waals surface area contributed by atoms with Crippen molar-refractivity contribution in [1.82, 2.24) is 5.32 Å². The molecule has 2 nitrogen and oxygen atoms in total. The van der Waals surface area contributed by atoms with Gasteiger partial charge in [0.15, 0.2) is 0 Å². The van der Waals surface area contributed by atoms with E-state index >= 15 is 0 Å². The van der Waals surface area contributed by atoms with Gasteiger partial charge in [0.2, 0.25) is 5.91 Å². The topological polar surface area (TPSA) is 29.1 Å². The predicted octanol–water partition coefficient (Wildman–Crippen LogP) is 3.67. The molecule has 0 radical (unpaired) electrons. The van der Waals surface area contributed by atoms with Crippen LogP contribution in [0.25, 0.3) is 0 Å². The van der Waals surface area contributed by atoms with Crippen LogP contribution in [-0.2, 0) is 11.2 Å². The van der Waals surface area contributed by atoms with Crippen LogP contribution < -0.4 is 5.32 Å². The monoisotopic (exact) mass is 303 g/mol. The zero-order valence-electron chi connectivity index (χ0n) is 11.9. The summed E-state index contributed by atoms with van der Waals surface area (Å²) >= 11 is 1.43. The van der Waals surface area contributed by atoms with E-state index in [4.69, 9.17) is 0 Å². The highest BCUT2D eigenvalue weighted by Crippen LogP contribution is 2.23. The number of carbonyl (C=O) groups excluding carboxylic acids is 1. The molecule has 1 unspecified atom stereocenters. The molecule has 0 aromatic heterocycles. The normalized spacial score (nSPS) is 11.9. The second kappa shape index (κ2) is 7.84. The third kappa shape index (κ3) is 5.23. The summed E-state index contributed by atoms with van der Waals surface area (Å²) < 4.78 is 12.8. The fourth-order valence-corrected chi connectivity index (χ4v) is 2.78. The van der Waals surface area contributed by atoms with E-state index in [2.05, 4.69) is 5.32 Å². The smallest absolute Gasteiger partial charge is 0.233 e. The van der Waals surface area contributed by atoms with Crippen LogP contribution >= 0.6 is 11.8 Å². The summed E-state index contributed by atoms with van der Waals surface area (Å²) in [5, 5.41) is 2.73. The molecule has 4 heteroatoms. The average molecular weight is 303 g/mol. The van der Waals surface area contributed by atoms with Crippen molar-refractivity contribution < 1.29 is 9.18 Å². The van der Waals surface area contributed by atoms with Gasteiger partial charge >= 0.3 is 0 Å². The maximum Gasteiger partial charge on any atom is 0.233 e. The third-order valence-electron chi connectivity index (χ3n) is 3.05. The lowest BCUT2D eigenvalue weighted by atomic mass is 10.1. The molecule has 0 aliphatic heterocycles. The molecule has 0 aliphatic carbocycles. The van der Waals surface area contributed by atoms with Crippen LogP contribution in [0.1, 0.15) is 12.5 Å². The number of halogens is 1. The van der Waals surface area contributed by atoms with Gasteiger partial charge in [-0.1, -0.05) is 30.3 Å². The van der Waals surface area contributed by atoms with E-state index < -0.39 is 0 Å². The second-order valence-electron chi connectivity index (χ2n) is 4.74. The van der Waals surface area contributed by atoms with Crippen LogP contribution in [0.15, 0.2) is 59.5 Å². The van der Waals surface area contributed by atoms with Crippen molar-refractivity contribution in [2.24, 2.45) is 0 Å². The summed E-state index contributed by atoms with van der Waals surface area (Å²) in [6.45, 7) is 2.48. The number of hydrogen-bond donors (Lipinski definition) is 1. The van der Waals surface area contributed by atoms with Crippen molar-refractivity contribution in [3.8, 4) is 0 Å². The van der Waals surface area contributed by atoms with Crippen molar-refractivity contribution >= 4 is 17.7 Å². The van der Waals surface area contributed by atoms with Gasteiger partial charge in [-0.05, 0) is 43.2 Å². The van der Waals surface area contributed by atoms with E-state index in [0.717, 1.165) is 11.3 Å². The quantitative estimate of drug-likeness (QED) is 0.825. The van der Waals surface area contributed by atoms with Crippen molar-refractivity contribution in [1.29, 1.82) is 0 Å². The fraction of sp³-hybridized carbons (Fsp3) is 0.235. The Morgan fingerprint density at radius 1 is 1.14 bits per heavy atom. The van der Waals surface area contributed by atoms with Crippen molar-refractivity contribution in [2.45, 2.75) is 23.5 Å². The standard InChI is InChI=1S/C17H18FNOS/c1-13(21-16-9-7-15(18)8-10-16)17(20)19-12-11-14-5-3-2-4-6-14/h2-10,13H,11-12H2,1H3,(H,19,20). The summed E-state index contributed by atoms with van der Waals surface area (Å²) in [6, 6.07) is 16.2. The van der Waals surface area contributed by atoms with Crippen LogP contribution in [-0.4, -0.2) is 17.7 Å². The first-order valence-electron chi connectivity index (χ1n) is 6.89. The molecule has 1 amide bonds. The Bertz CT molecular complexity index is 571. The third-order valence-corrected chi connectivity index (χ3v) is 4.16. The van der Waals surface area contributed by atoms with Crippen molar-refractivity contribution in [3.63, 3.8) is 0 Å². The van der Waals surface area contributed by atoms with Crippen molar-refractivity contribution in [2.75, 3.05) is 6.54 Å². The lowest BCUT2D eigenvalue weighted by molar-refractivity contribution is -0.120. The molecule has 1 N–H and O–H groups in total. The van der Waals surface area contributed by atoms with Gasteiger partial charge < -0.3 is 5.32 Å². The lowest BCUT2D eigenvalue weighted by Gasteiger charge is -2.12. The number of benzene rings is 2. The highest BCUT2D eigenvalue weighted by molar-refractivity contribution is 8.00. The Morgan fingerprint density at radius 2 is 1.81 bits per heavy atom. The van der Waals surface area contributed by atoms with E-state index in [9.17, 15) is 9.18 Å². The van der Waals surface area contributed by atoms with Crippen LogP contribution in [0.2, 0.25) is 0 Å². The first kappa shape index (κ1) is 15.6. The number of carbonyl (C=O) groups is 1. The highest BCUT2D eigenvalue weighted by atomic mass is 32.2. The van der Waals surface area contributed by atoms with Crippen molar-refractivity contribution in [3.05, 3.63) is 66.0 Å². The van der Waals surface area contributed by atoms with Crippen LogP contribution in [0.4, 0.5) is 4.39 Å². The van der Waals surface area contributed by atoms with E-state index in [1.807, 2.05) is 37.3 Å². The Morgan fingerprint density at radius 3 is 2.48 bits per heavy atom. The van der Waals surface area contributed by atoms with E-state index in [1.165, 1.54) is 29.5 Å². The molecule has 0 spiro atoms. The van der Waals surface area contributed by atoms with Gasteiger partial charge in [-0.2, -0.15) is 0 Å². The number of hydrogen-bond acceptors (Lipinski definition) is 2. The molecule has 110 valence electrons. The van der Waals surface area contributed by atoms with Crippen LogP contribution in [0.3, 0.4) is 0 Å². The molecule has 0 saturated heterocycles. The Balaban J connectivity index is 1.76. The maximum absolute atomic E-state index is 12.8. The molecule has 1 atom stereocenters. The molecule has 21 heavy (non-hydrogen) atoms. The molecule has 2 aromatic carbocycles. The summed E-state index contributed by atoms with van der Waals surface area (Å²) in [7, 11) is 0. The van der Waals surface area contributed by atoms with Crippen LogP contribution in [0.5, 0.6) is 0 Å². The highest BCUT2D eigenvalue weighted by Gasteiger charge is 2.13. The average Bonchev–Trinajstić information content (AvgIpc) is 2.50. The van der Waals surface area contributed by atoms with Gasteiger partial charge in [-0.3, -0.25) is 4.79 Å². The number of nitrogens with one attached hydrogen (secondary N) is 1. The summed E-state index contributed by atoms with van der Waals surface area (Å²) in [5.74, 6) is -0.264. The van der Waals surface area contributed by atoms with Gasteiger partial charge in [-0.25, -0.2) is 4.39 Å². The van der Waals surface area contributed by atoms with Gasteiger partial charge in [0.25, 0.3) is 0 Å². The minimum atomic E-state index is -0.265. The van der Waals surface area contributed by atoms with Gasteiger partial charge in [0.05, 0.1) is 5.25 Å². The molecule has 0 saturated carbocycles. The predicted molar refractivity (Wildman–Crippen MR) is 84.9 cm³/mol. The number of amides is 1. The Kier molecular flexibility index (Phi) is 5.81. The zero-order chi connectivity index (χ0) is 15.1. The van der Waals surface area contributed by atoms with Gasteiger partial charge in [0, 0.05) is 11.4 Å². The minimum absolute atomic E-state index is 0.000237. The Labute approximate surface area is 128 Å². The molecule has 0 fully saturated rings. The summed E-state index contributed by atoms with van der Waals surface area (Å²) in [6.07, 6.45) is 0.820. The molecule has 2 aromatic rings. The summed E-state index contributed by atoms with van der Waals surface area (Å²) in [4.78, 5) is 12.9. The second-order valence-corrected chi connectivity index (χ2v) is 6.15. The number of thioether (sulfide) groups is 1. The van der Waals surface area contributed by atoms with E-state index in [0.29, 0.717) is 6.54 Å². The Hall–Kier alpha value is -1.81. The van der Waals surface area contributed by atoms with E-state index in [1.54, 1.807) is 12.1 Å². The molecule has 0 aliphatic rings. The van der Waals surface area contributed by atoms with Gasteiger partial charge in [0.1, 0.15) is 5.82 Å². The summed E-state index contributed by atoms with van der Waals surface area (Å²) in [5.41, 5.74) is 1.21. The molecule has 0 heterocycles. The fourth-order valence-electron chi connectivity index (χ4n) is 1.89. The largest absolute Gasteiger partial charge is 0.355 e. The minimum Gasteiger partial charge on any atom is -0.355 e. The van der Waals surface area contributed by atoms with Crippen LogP contribution in [0, 0.1) is 5.82 Å². The number of rotatable bonds is 6. The lowest BCUT2D eigenvalue weighted by Crippen LogP contribution is -2.32. The molecular formula is C17H18FNOS. The molecule has 0 bridgehead atoms. The van der Waals surface area contributed by atoms with Gasteiger partial charge in [-0.15, -0.1) is 11.8 Å². The SMILES string of the molecule is CC(Sc1ccc(F)cc1)C(=O)NCCc1ccccc1. The maximum atomic E-state index is 12.8. The molecule has 2 rings (SSSR count). The first-order chi connectivity index (χ1) is 10.1. The molecular weight excluding hydrogens is 285 g/mol.